The third-order valence-corrected chi connectivity index (χ3v) is 3.66. The molecule has 6 nitrogen and oxygen atoms in total. The fraction of sp³-hybridized carbons (Fsp3) is 0. The summed E-state index contributed by atoms with van der Waals surface area (Å²) in [5, 5.41) is 6.02. The Morgan fingerprint density at radius 3 is 2.70 bits per heavy atom. The number of anilines is 1. The number of benzene rings is 2. The maximum absolute atomic E-state index is 12.3. The van der Waals surface area contributed by atoms with Crippen LogP contribution in [-0.2, 0) is 4.79 Å². The average Bonchev–Trinajstić information content (AvgIpc) is 2.99. The molecule has 0 unspecified atom stereocenters. The normalized spacial score (nSPS) is 10.5. The number of carbonyl (C=O) groups is 2. The Hall–Kier alpha value is -2.99. The highest BCUT2D eigenvalue weighted by atomic mass is 35.5. The van der Waals surface area contributed by atoms with E-state index >= 15 is 0 Å². The van der Waals surface area contributed by atoms with Crippen molar-refractivity contribution in [2.24, 2.45) is 5.18 Å². The fourth-order valence-electron chi connectivity index (χ4n) is 2.23. The molecule has 1 amide bonds. The number of carbonyl (C=O) groups excluding carboxylic acids is 2. The first-order chi connectivity index (χ1) is 11.1. The zero-order valence-electron chi connectivity index (χ0n) is 11.7. The van der Waals surface area contributed by atoms with Gasteiger partial charge in [-0.15, -0.1) is 4.91 Å². The molecule has 23 heavy (non-hydrogen) atoms. The number of hydrogen-bond donors (Lipinski definition) is 2. The number of hydrogen-bond acceptors (Lipinski definition) is 4. The van der Waals surface area contributed by atoms with Gasteiger partial charge in [0.05, 0.1) is 10.6 Å². The van der Waals surface area contributed by atoms with Crippen LogP contribution in [0.2, 0.25) is 5.02 Å². The highest BCUT2D eigenvalue weighted by Gasteiger charge is 2.20. The van der Waals surface area contributed by atoms with Crippen molar-refractivity contribution < 1.29 is 9.59 Å². The average molecular weight is 328 g/mol. The maximum atomic E-state index is 12.3. The summed E-state index contributed by atoms with van der Waals surface area (Å²) in [5.74, 6) is -1.49. The summed E-state index contributed by atoms with van der Waals surface area (Å²) in [6.45, 7) is 0. The van der Waals surface area contributed by atoms with Crippen LogP contribution in [0.1, 0.15) is 10.4 Å². The molecule has 2 aromatic carbocycles. The molecule has 114 valence electrons. The van der Waals surface area contributed by atoms with Gasteiger partial charge in [-0.2, -0.15) is 0 Å². The third kappa shape index (κ3) is 2.84. The highest BCUT2D eigenvalue weighted by Crippen LogP contribution is 2.28. The minimum Gasteiger partial charge on any atom is -0.360 e. The van der Waals surface area contributed by atoms with Crippen molar-refractivity contribution in [2.45, 2.75) is 0 Å². The Balaban J connectivity index is 1.86. The number of H-pyrrole nitrogens is 1. The first-order valence-corrected chi connectivity index (χ1v) is 7.02. The second kappa shape index (κ2) is 6.02. The van der Waals surface area contributed by atoms with E-state index in [0.29, 0.717) is 5.39 Å². The van der Waals surface area contributed by atoms with Crippen LogP contribution in [0.5, 0.6) is 0 Å². The largest absolute Gasteiger partial charge is 0.360 e. The first kappa shape index (κ1) is 14.9. The van der Waals surface area contributed by atoms with Gasteiger partial charge >= 0.3 is 0 Å². The molecule has 0 fully saturated rings. The topological polar surface area (TPSA) is 91.4 Å². The smallest absolute Gasteiger partial charge is 0.296 e. The zero-order valence-corrected chi connectivity index (χ0v) is 12.4. The number of fused-ring (bicyclic) bond motifs is 1. The molecule has 1 aromatic heterocycles. The Bertz CT molecular complexity index is 933. The molecule has 2 N–H and O–H groups in total. The number of nitrogens with zero attached hydrogens (tertiary/aromatic N) is 1. The summed E-state index contributed by atoms with van der Waals surface area (Å²) in [4.78, 5) is 38.0. The lowest BCUT2D eigenvalue weighted by atomic mass is 10.1. The van der Waals surface area contributed by atoms with E-state index in [1.807, 2.05) is 12.1 Å². The van der Waals surface area contributed by atoms with E-state index in [-0.39, 0.29) is 22.0 Å². The number of aromatic amines is 1. The van der Waals surface area contributed by atoms with Gasteiger partial charge in [0.25, 0.3) is 11.7 Å². The quantitative estimate of drug-likeness (QED) is 0.430. The van der Waals surface area contributed by atoms with E-state index in [0.717, 1.165) is 5.52 Å². The Morgan fingerprint density at radius 2 is 1.91 bits per heavy atom. The van der Waals surface area contributed by atoms with Gasteiger partial charge < -0.3 is 10.3 Å². The number of rotatable bonds is 4. The molecule has 0 aliphatic rings. The third-order valence-electron chi connectivity index (χ3n) is 3.34. The molecule has 0 atom stereocenters. The van der Waals surface area contributed by atoms with Gasteiger partial charge in [-0.25, -0.2) is 0 Å². The van der Waals surface area contributed by atoms with Crippen molar-refractivity contribution in [3.05, 3.63) is 64.2 Å². The molecule has 3 aromatic rings. The fourth-order valence-corrected chi connectivity index (χ4v) is 2.38. The molecule has 0 saturated heterocycles. The second-order valence-electron chi connectivity index (χ2n) is 4.79. The van der Waals surface area contributed by atoms with Crippen molar-refractivity contribution in [1.29, 1.82) is 0 Å². The molecule has 0 bridgehead atoms. The van der Waals surface area contributed by atoms with Gasteiger partial charge in [0.2, 0.25) is 0 Å². The number of halogens is 1. The molecule has 0 spiro atoms. The van der Waals surface area contributed by atoms with Crippen molar-refractivity contribution in [1.82, 2.24) is 4.98 Å². The van der Waals surface area contributed by atoms with Crippen LogP contribution in [0.15, 0.2) is 53.8 Å². The van der Waals surface area contributed by atoms with Crippen LogP contribution < -0.4 is 5.32 Å². The number of aromatic nitrogens is 1. The molecular formula is C16H10ClN3O3. The van der Waals surface area contributed by atoms with Gasteiger partial charge in [0.1, 0.15) is 5.69 Å². The van der Waals surface area contributed by atoms with Gasteiger partial charge in [0, 0.05) is 22.8 Å². The number of para-hydroxylation sites is 1. The second-order valence-corrected chi connectivity index (χ2v) is 5.20. The summed E-state index contributed by atoms with van der Waals surface area (Å²) in [7, 11) is 0. The van der Waals surface area contributed by atoms with Crippen LogP contribution in [0.4, 0.5) is 11.4 Å². The first-order valence-electron chi connectivity index (χ1n) is 6.65. The van der Waals surface area contributed by atoms with Gasteiger partial charge in [-0.05, 0) is 29.4 Å². The highest BCUT2D eigenvalue weighted by molar-refractivity contribution is 6.48. The summed E-state index contributed by atoms with van der Waals surface area (Å²) >= 11 is 5.76. The lowest BCUT2D eigenvalue weighted by Gasteiger charge is -2.05. The van der Waals surface area contributed by atoms with E-state index in [1.54, 1.807) is 12.1 Å². The van der Waals surface area contributed by atoms with Gasteiger partial charge in [-0.3, -0.25) is 9.59 Å². The van der Waals surface area contributed by atoms with Crippen molar-refractivity contribution in [3.8, 4) is 0 Å². The predicted octanol–water partition coefficient (Wildman–Crippen LogP) is 4.04. The molecule has 1 heterocycles. The van der Waals surface area contributed by atoms with Crippen LogP contribution in [-0.4, -0.2) is 16.7 Å². The lowest BCUT2D eigenvalue weighted by Crippen LogP contribution is -2.22. The number of nitroso groups, excluding NO2 is 1. The summed E-state index contributed by atoms with van der Waals surface area (Å²) in [5.41, 5.74) is 1.30. The van der Waals surface area contributed by atoms with Crippen LogP contribution in [0.3, 0.4) is 0 Å². The standard InChI is InChI=1S/C16H10ClN3O3/c17-12-6-5-9(7-14(12)20-23)19-16(22)15(21)11-8-18-13-4-2-1-3-10(11)13/h1-8,18H,(H,19,22). The Kier molecular flexibility index (Phi) is 3.91. The maximum Gasteiger partial charge on any atom is 0.296 e. The minimum atomic E-state index is -0.811. The molecule has 7 heteroatoms. The summed E-state index contributed by atoms with van der Waals surface area (Å²) in [6.07, 6.45) is 1.49. The monoisotopic (exact) mass is 327 g/mol. The molecule has 0 radical (unpaired) electrons. The number of ketones is 1. The molecule has 0 aliphatic heterocycles. The van der Waals surface area contributed by atoms with Crippen molar-refractivity contribution in [2.75, 3.05) is 5.32 Å². The van der Waals surface area contributed by atoms with Crippen molar-refractivity contribution in [3.63, 3.8) is 0 Å². The summed E-state index contributed by atoms with van der Waals surface area (Å²) < 4.78 is 0. The van der Waals surface area contributed by atoms with E-state index in [9.17, 15) is 14.5 Å². The number of Topliss-reactive ketones (excluding diaryl/α,β-unsaturated/α-hetero) is 1. The number of amides is 1. The van der Waals surface area contributed by atoms with E-state index in [4.69, 9.17) is 11.6 Å². The van der Waals surface area contributed by atoms with E-state index in [2.05, 4.69) is 15.5 Å². The van der Waals surface area contributed by atoms with E-state index < -0.39 is 11.7 Å². The lowest BCUT2D eigenvalue weighted by molar-refractivity contribution is -0.112. The molecular weight excluding hydrogens is 318 g/mol. The Labute approximate surface area is 135 Å². The Morgan fingerprint density at radius 1 is 1.13 bits per heavy atom. The molecule has 3 rings (SSSR count). The summed E-state index contributed by atoms with van der Waals surface area (Å²) in [6, 6.07) is 11.4. The van der Waals surface area contributed by atoms with Crippen LogP contribution in [0, 0.1) is 4.91 Å². The van der Waals surface area contributed by atoms with Crippen LogP contribution >= 0.6 is 11.6 Å². The predicted molar refractivity (Wildman–Crippen MR) is 88.2 cm³/mol. The minimum absolute atomic E-state index is 0.0102. The molecule has 0 aliphatic carbocycles. The van der Waals surface area contributed by atoms with E-state index in [1.165, 1.54) is 24.4 Å². The van der Waals surface area contributed by atoms with Crippen molar-refractivity contribution >= 4 is 45.6 Å². The van der Waals surface area contributed by atoms with Gasteiger partial charge in [0.15, 0.2) is 0 Å². The van der Waals surface area contributed by atoms with Crippen LogP contribution in [0.25, 0.3) is 10.9 Å². The number of nitrogens with one attached hydrogen (secondary N) is 2. The van der Waals surface area contributed by atoms with Gasteiger partial charge in [-0.1, -0.05) is 29.8 Å². The zero-order chi connectivity index (χ0) is 16.4. The molecule has 0 saturated carbocycles. The SMILES string of the molecule is O=Nc1cc(NC(=O)C(=O)c2c[nH]c3ccccc23)ccc1Cl.